The predicted molar refractivity (Wildman–Crippen MR) is 111 cm³/mol. The zero-order valence-corrected chi connectivity index (χ0v) is 17.8. The van der Waals surface area contributed by atoms with Crippen LogP contribution in [0.25, 0.3) is 0 Å². The summed E-state index contributed by atoms with van der Waals surface area (Å²) in [6.45, 7) is 3.37. The number of hydrogen-bond donors (Lipinski definition) is 3. The fourth-order valence-electron chi connectivity index (χ4n) is 2.71. The van der Waals surface area contributed by atoms with Crippen LogP contribution in [0, 0.1) is 5.92 Å². The second-order valence-electron chi connectivity index (χ2n) is 7.28. The average Bonchev–Trinajstić information content (AvgIpc) is 2.74. The van der Waals surface area contributed by atoms with Crippen LogP contribution in [0.4, 0.5) is 0 Å². The molecule has 0 saturated carbocycles. The number of carbonyl (C=O) groups excluding carboxylic acids is 5. The fraction of sp³-hybridized carbons (Fsp3) is 0.476. The predicted octanol–water partition coefficient (Wildman–Crippen LogP) is 0.168. The lowest BCUT2D eigenvalue weighted by molar-refractivity contribution is -0.140. The summed E-state index contributed by atoms with van der Waals surface area (Å²) in [6, 6.07) is 6.82. The summed E-state index contributed by atoms with van der Waals surface area (Å²) in [5, 5.41) is 7.19. The van der Waals surface area contributed by atoms with Gasteiger partial charge in [0, 0.05) is 14.1 Å². The number of benzene rings is 1. The number of nitrogens with zero attached hydrogens (tertiary/aromatic N) is 1. The molecule has 0 fully saturated rings. The summed E-state index contributed by atoms with van der Waals surface area (Å²) < 4.78 is 0. The Hall–Kier alpha value is -3.23. The van der Waals surface area contributed by atoms with Gasteiger partial charge in [0.15, 0.2) is 0 Å². The monoisotopic (exact) mass is 418 g/mol. The second-order valence-corrected chi connectivity index (χ2v) is 7.28. The molecule has 0 saturated heterocycles. The van der Waals surface area contributed by atoms with Crippen molar-refractivity contribution in [1.82, 2.24) is 20.9 Å². The lowest BCUT2D eigenvalue weighted by atomic mass is 9.96. The number of carbonyl (C=O) groups is 5. The van der Waals surface area contributed by atoms with Crippen molar-refractivity contribution < 1.29 is 24.0 Å². The van der Waals surface area contributed by atoms with Crippen LogP contribution in [0.5, 0.6) is 0 Å². The average molecular weight is 418 g/mol. The molecule has 9 nitrogen and oxygen atoms in total. The number of amides is 4. The first kappa shape index (κ1) is 24.8. The first-order chi connectivity index (χ1) is 14.2. The van der Waals surface area contributed by atoms with E-state index in [-0.39, 0.29) is 11.8 Å². The molecule has 0 spiro atoms. The Labute approximate surface area is 176 Å². The van der Waals surface area contributed by atoms with E-state index in [1.165, 1.54) is 4.90 Å². The molecule has 30 heavy (non-hydrogen) atoms. The maximum atomic E-state index is 12.4. The number of Topliss-reactive ketones (excluding diaryl/α,β-unsaturated/α-hetero) is 1. The minimum atomic E-state index is -0.969. The third kappa shape index (κ3) is 7.65. The van der Waals surface area contributed by atoms with Crippen LogP contribution in [0.2, 0.25) is 0 Å². The van der Waals surface area contributed by atoms with Gasteiger partial charge in [0.05, 0.1) is 12.6 Å². The maximum absolute atomic E-state index is 12.4. The zero-order chi connectivity index (χ0) is 22.7. The highest BCUT2D eigenvalue weighted by molar-refractivity contribution is 6.38. The van der Waals surface area contributed by atoms with Crippen LogP contribution < -0.4 is 16.0 Å². The Morgan fingerprint density at radius 2 is 1.73 bits per heavy atom. The molecule has 3 N–H and O–H groups in total. The van der Waals surface area contributed by atoms with Crippen LogP contribution in [0.3, 0.4) is 0 Å². The summed E-state index contributed by atoms with van der Waals surface area (Å²) >= 11 is 0. The Balaban J connectivity index is 2.74. The lowest BCUT2D eigenvalue weighted by Gasteiger charge is -2.22. The Kier molecular flexibility index (Phi) is 10.2. The lowest BCUT2D eigenvalue weighted by Crippen LogP contribution is -2.49. The van der Waals surface area contributed by atoms with Gasteiger partial charge >= 0.3 is 0 Å². The molecule has 0 aliphatic carbocycles. The Morgan fingerprint density at radius 3 is 2.27 bits per heavy atom. The highest BCUT2D eigenvalue weighted by Crippen LogP contribution is 2.14. The molecule has 0 aliphatic heterocycles. The normalized spacial score (nSPS) is 13.3. The molecule has 0 aromatic heterocycles. The molecule has 1 rings (SSSR count). The van der Waals surface area contributed by atoms with Crippen LogP contribution >= 0.6 is 0 Å². The highest BCUT2D eigenvalue weighted by Gasteiger charge is 2.28. The quantitative estimate of drug-likeness (QED) is 0.330. The van der Waals surface area contributed by atoms with E-state index in [4.69, 9.17) is 0 Å². The largest absolute Gasteiger partial charge is 0.348 e. The van der Waals surface area contributed by atoms with Crippen LogP contribution in [-0.4, -0.2) is 61.5 Å². The van der Waals surface area contributed by atoms with Gasteiger partial charge in [-0.2, -0.15) is 0 Å². The third-order valence-electron chi connectivity index (χ3n) is 4.68. The van der Waals surface area contributed by atoms with Gasteiger partial charge in [-0.15, -0.1) is 0 Å². The Morgan fingerprint density at radius 1 is 1.10 bits per heavy atom. The van der Waals surface area contributed by atoms with Gasteiger partial charge in [0.1, 0.15) is 6.04 Å². The SMILES string of the molecule is CCC(C)CC(NC=O)C(=O)C(=O)NCC(=O)NC(C(=O)N(C)C)c1ccccc1. The number of nitrogens with one attached hydrogen (secondary N) is 3. The van der Waals surface area contributed by atoms with Gasteiger partial charge < -0.3 is 20.9 Å². The van der Waals surface area contributed by atoms with Crippen LogP contribution in [0.1, 0.15) is 38.3 Å². The van der Waals surface area contributed by atoms with E-state index in [1.807, 2.05) is 13.8 Å². The van der Waals surface area contributed by atoms with E-state index in [0.717, 1.165) is 6.42 Å². The molecule has 0 radical (unpaired) electrons. The van der Waals surface area contributed by atoms with E-state index < -0.39 is 36.2 Å². The maximum Gasteiger partial charge on any atom is 0.290 e. The molecule has 4 amide bonds. The molecule has 0 heterocycles. The third-order valence-corrected chi connectivity index (χ3v) is 4.68. The summed E-state index contributed by atoms with van der Waals surface area (Å²) in [7, 11) is 3.14. The van der Waals surface area contributed by atoms with E-state index in [9.17, 15) is 24.0 Å². The summed E-state index contributed by atoms with van der Waals surface area (Å²) in [5.74, 6) is -2.61. The van der Waals surface area contributed by atoms with Crippen molar-refractivity contribution in [3.05, 3.63) is 35.9 Å². The van der Waals surface area contributed by atoms with E-state index >= 15 is 0 Å². The smallest absolute Gasteiger partial charge is 0.290 e. The van der Waals surface area contributed by atoms with Gasteiger partial charge in [-0.25, -0.2) is 0 Å². The number of hydrogen-bond acceptors (Lipinski definition) is 5. The van der Waals surface area contributed by atoms with Crippen LogP contribution in [-0.2, 0) is 24.0 Å². The number of ketones is 1. The van der Waals surface area contributed by atoms with E-state index in [0.29, 0.717) is 18.4 Å². The fourth-order valence-corrected chi connectivity index (χ4v) is 2.71. The van der Waals surface area contributed by atoms with Crippen molar-refractivity contribution >= 4 is 29.9 Å². The van der Waals surface area contributed by atoms with E-state index in [1.54, 1.807) is 44.4 Å². The first-order valence-electron chi connectivity index (χ1n) is 9.78. The molecule has 0 aliphatic rings. The standard InChI is InChI=1S/C21H30N4O5/c1-5-14(2)11-16(23-13-26)19(28)20(29)22-12-17(27)24-18(21(30)25(3)4)15-9-7-6-8-10-15/h6-10,13-14,16,18H,5,11-12H2,1-4H3,(H,22,29)(H,23,26)(H,24,27). The van der Waals surface area contributed by atoms with Gasteiger partial charge in [0.25, 0.3) is 5.91 Å². The second kappa shape index (κ2) is 12.4. The molecule has 0 bridgehead atoms. The first-order valence-corrected chi connectivity index (χ1v) is 9.78. The van der Waals surface area contributed by atoms with Crippen molar-refractivity contribution in [2.45, 2.75) is 38.8 Å². The van der Waals surface area contributed by atoms with Crippen molar-refractivity contribution in [2.75, 3.05) is 20.6 Å². The van der Waals surface area contributed by atoms with Gasteiger partial charge in [-0.1, -0.05) is 50.6 Å². The highest BCUT2D eigenvalue weighted by atomic mass is 16.2. The van der Waals surface area contributed by atoms with Crippen LogP contribution in [0.15, 0.2) is 30.3 Å². The molecule has 1 aromatic rings. The summed E-state index contributed by atoms with van der Waals surface area (Å²) in [5.41, 5.74) is 0.593. The molecular weight excluding hydrogens is 388 g/mol. The summed E-state index contributed by atoms with van der Waals surface area (Å²) in [6.07, 6.45) is 1.48. The van der Waals surface area contributed by atoms with Crippen molar-refractivity contribution in [3.63, 3.8) is 0 Å². The number of likely N-dealkylation sites (N-methyl/N-ethyl adjacent to an activating group) is 1. The number of rotatable bonds is 12. The topological polar surface area (TPSA) is 125 Å². The van der Waals surface area contributed by atoms with Crippen molar-refractivity contribution in [1.29, 1.82) is 0 Å². The molecule has 3 unspecified atom stereocenters. The Bertz CT molecular complexity index is 751. The van der Waals surface area contributed by atoms with Gasteiger partial charge in [-0.3, -0.25) is 24.0 Å². The molecule has 3 atom stereocenters. The minimum Gasteiger partial charge on any atom is -0.348 e. The molecular formula is C21H30N4O5. The summed E-state index contributed by atoms with van der Waals surface area (Å²) in [4.78, 5) is 61.3. The molecule has 1 aromatic carbocycles. The van der Waals surface area contributed by atoms with Gasteiger partial charge in [0.2, 0.25) is 24.0 Å². The van der Waals surface area contributed by atoms with Crippen molar-refractivity contribution in [3.8, 4) is 0 Å². The molecule has 164 valence electrons. The van der Waals surface area contributed by atoms with Crippen molar-refractivity contribution in [2.24, 2.45) is 5.92 Å². The van der Waals surface area contributed by atoms with Gasteiger partial charge in [-0.05, 0) is 17.9 Å². The zero-order valence-electron chi connectivity index (χ0n) is 17.8. The van der Waals surface area contributed by atoms with E-state index in [2.05, 4.69) is 16.0 Å². The minimum absolute atomic E-state index is 0.131. The molecule has 9 heteroatoms.